The molecule has 0 atom stereocenters. The van der Waals surface area contributed by atoms with Gasteiger partial charge >= 0.3 is 0 Å². The smallest absolute Gasteiger partial charge is 0.261 e. The van der Waals surface area contributed by atoms with Crippen molar-refractivity contribution in [1.82, 2.24) is 0 Å². The number of rotatable bonds is 10. The van der Waals surface area contributed by atoms with Gasteiger partial charge in [0.1, 0.15) is 5.75 Å². The van der Waals surface area contributed by atoms with Gasteiger partial charge in [-0.05, 0) is 46.3 Å². The van der Waals surface area contributed by atoms with Crippen molar-refractivity contribution in [3.8, 4) is 5.75 Å². The first-order valence-corrected chi connectivity index (χ1v) is 13.4. The highest BCUT2D eigenvalue weighted by molar-refractivity contribution is 6.99. The summed E-state index contributed by atoms with van der Waals surface area (Å²) < 4.78 is 12.4. The molecule has 0 heterocycles. The van der Waals surface area contributed by atoms with Gasteiger partial charge in [0.05, 0.1) is 7.11 Å². The molecule has 0 radical (unpaired) electrons. The predicted octanol–water partition coefficient (Wildman–Crippen LogP) is 6.15. The molecule has 3 aromatic carbocycles. The van der Waals surface area contributed by atoms with Crippen molar-refractivity contribution in [2.24, 2.45) is 0 Å². The van der Waals surface area contributed by atoms with E-state index in [1.165, 1.54) is 15.9 Å². The molecule has 0 saturated carbocycles. The zero-order chi connectivity index (χ0) is 22.9. The number of benzene rings is 3. The standard InChI is InChI=1S/C29H36O2Si/c1-29(2,3)32(26-19-10-7-11-20-26,27-21-12-8-13-22-27)31-24-16-6-5-9-17-25-18-14-15-23-28(25)30-4/h5,7-15,18-23H,6,16-17,24H2,1-4H3/b9-5+. The fourth-order valence-electron chi connectivity index (χ4n) is 4.39. The van der Waals surface area contributed by atoms with Gasteiger partial charge in [0.25, 0.3) is 8.32 Å². The largest absolute Gasteiger partial charge is 0.496 e. The van der Waals surface area contributed by atoms with Crippen LogP contribution in [0.5, 0.6) is 5.75 Å². The van der Waals surface area contributed by atoms with Crippen LogP contribution in [0.15, 0.2) is 97.1 Å². The second-order valence-corrected chi connectivity index (χ2v) is 13.4. The minimum absolute atomic E-state index is 0.0232. The molecule has 3 aromatic rings. The predicted molar refractivity (Wildman–Crippen MR) is 139 cm³/mol. The molecular formula is C29H36O2Si. The quantitative estimate of drug-likeness (QED) is 0.212. The molecule has 32 heavy (non-hydrogen) atoms. The average Bonchev–Trinajstić information content (AvgIpc) is 2.81. The number of para-hydroxylation sites is 1. The highest BCUT2D eigenvalue weighted by atomic mass is 28.4. The molecule has 0 amide bonds. The van der Waals surface area contributed by atoms with Crippen molar-refractivity contribution >= 4 is 18.7 Å². The van der Waals surface area contributed by atoms with Crippen LogP contribution in [0.25, 0.3) is 0 Å². The number of allylic oxidation sites excluding steroid dienone is 2. The van der Waals surface area contributed by atoms with Gasteiger partial charge in [-0.2, -0.15) is 0 Å². The van der Waals surface area contributed by atoms with Gasteiger partial charge in [-0.3, -0.25) is 0 Å². The van der Waals surface area contributed by atoms with Crippen LogP contribution in [0.3, 0.4) is 0 Å². The molecule has 168 valence electrons. The van der Waals surface area contributed by atoms with Crippen LogP contribution in [-0.2, 0) is 10.8 Å². The lowest BCUT2D eigenvalue weighted by molar-refractivity contribution is 0.293. The maximum absolute atomic E-state index is 6.95. The first-order valence-electron chi connectivity index (χ1n) is 11.5. The minimum atomic E-state index is -2.42. The summed E-state index contributed by atoms with van der Waals surface area (Å²) in [6.45, 7) is 7.73. The van der Waals surface area contributed by atoms with Crippen molar-refractivity contribution in [3.05, 3.63) is 103 Å². The number of hydrogen-bond acceptors (Lipinski definition) is 2. The molecule has 3 rings (SSSR count). The highest BCUT2D eigenvalue weighted by Gasteiger charge is 2.49. The molecule has 0 aliphatic rings. The molecule has 0 bridgehead atoms. The Kier molecular flexibility index (Phi) is 8.49. The van der Waals surface area contributed by atoms with Crippen molar-refractivity contribution in [2.75, 3.05) is 13.7 Å². The zero-order valence-electron chi connectivity index (χ0n) is 19.9. The first kappa shape index (κ1) is 24.0. The van der Waals surface area contributed by atoms with Crippen LogP contribution >= 0.6 is 0 Å². The Balaban J connectivity index is 1.69. The number of hydrogen-bond donors (Lipinski definition) is 0. The molecule has 0 aliphatic heterocycles. The lowest BCUT2D eigenvalue weighted by Gasteiger charge is -2.43. The molecule has 0 unspecified atom stereocenters. The van der Waals surface area contributed by atoms with Crippen molar-refractivity contribution < 1.29 is 9.16 Å². The average molecular weight is 445 g/mol. The molecular weight excluding hydrogens is 408 g/mol. The van der Waals surface area contributed by atoms with Gasteiger partial charge in [0, 0.05) is 6.61 Å². The lowest BCUT2D eigenvalue weighted by atomic mass is 10.1. The molecule has 0 saturated heterocycles. The van der Waals surface area contributed by atoms with E-state index in [2.05, 4.69) is 106 Å². The van der Waals surface area contributed by atoms with Gasteiger partial charge in [0.2, 0.25) is 0 Å². The second-order valence-electron chi connectivity index (χ2n) is 9.14. The van der Waals surface area contributed by atoms with E-state index in [0.717, 1.165) is 31.6 Å². The molecule has 0 spiro atoms. The summed E-state index contributed by atoms with van der Waals surface area (Å²) in [6, 6.07) is 29.9. The Labute approximate surface area is 195 Å². The maximum Gasteiger partial charge on any atom is 0.261 e. The van der Waals surface area contributed by atoms with Crippen LogP contribution in [0, 0.1) is 0 Å². The Morgan fingerprint density at radius 2 is 1.31 bits per heavy atom. The third-order valence-corrected chi connectivity index (χ3v) is 11.0. The van der Waals surface area contributed by atoms with E-state index in [9.17, 15) is 0 Å². The van der Waals surface area contributed by atoms with Crippen LogP contribution in [0.4, 0.5) is 0 Å². The topological polar surface area (TPSA) is 18.5 Å². The second kappa shape index (κ2) is 11.3. The van der Waals surface area contributed by atoms with Crippen molar-refractivity contribution in [3.63, 3.8) is 0 Å². The maximum atomic E-state index is 6.95. The van der Waals surface area contributed by atoms with Gasteiger partial charge < -0.3 is 9.16 Å². The highest BCUT2D eigenvalue weighted by Crippen LogP contribution is 2.36. The normalized spacial score (nSPS) is 12.2. The van der Waals surface area contributed by atoms with Gasteiger partial charge in [0.15, 0.2) is 0 Å². The van der Waals surface area contributed by atoms with Crippen molar-refractivity contribution in [2.45, 2.75) is 45.1 Å². The van der Waals surface area contributed by atoms with Gasteiger partial charge in [-0.25, -0.2) is 0 Å². The Bertz CT molecular complexity index is 935. The summed E-state index contributed by atoms with van der Waals surface area (Å²) in [7, 11) is -0.697. The van der Waals surface area contributed by atoms with Crippen LogP contribution in [0.1, 0.15) is 39.2 Å². The Morgan fingerprint density at radius 3 is 1.88 bits per heavy atom. The monoisotopic (exact) mass is 444 g/mol. The summed E-state index contributed by atoms with van der Waals surface area (Å²) in [5.41, 5.74) is 1.22. The van der Waals surface area contributed by atoms with E-state index < -0.39 is 8.32 Å². The number of ether oxygens (including phenoxy) is 1. The molecule has 0 aromatic heterocycles. The molecule has 0 fully saturated rings. The molecule has 0 N–H and O–H groups in total. The molecule has 0 aliphatic carbocycles. The number of unbranched alkanes of at least 4 members (excludes halogenated alkanes) is 1. The number of methoxy groups -OCH3 is 1. The minimum Gasteiger partial charge on any atom is -0.496 e. The summed E-state index contributed by atoms with van der Waals surface area (Å²) in [5.74, 6) is 0.951. The SMILES string of the molecule is COc1ccccc1C/C=C/CCCO[Si](c1ccccc1)(c1ccccc1)C(C)(C)C. The summed E-state index contributed by atoms with van der Waals surface area (Å²) in [5, 5.41) is 2.70. The van der Waals surface area contributed by atoms with E-state index in [1.807, 2.05) is 12.1 Å². The Morgan fingerprint density at radius 1 is 0.750 bits per heavy atom. The van der Waals surface area contributed by atoms with Crippen LogP contribution in [-0.4, -0.2) is 22.0 Å². The van der Waals surface area contributed by atoms with E-state index in [0.29, 0.717) is 0 Å². The summed E-state index contributed by atoms with van der Waals surface area (Å²) in [4.78, 5) is 0. The van der Waals surface area contributed by atoms with Crippen LogP contribution in [0.2, 0.25) is 5.04 Å². The first-order chi connectivity index (χ1) is 15.5. The van der Waals surface area contributed by atoms with E-state index >= 15 is 0 Å². The lowest BCUT2D eigenvalue weighted by Crippen LogP contribution is -2.66. The fourth-order valence-corrected chi connectivity index (χ4v) is 8.99. The zero-order valence-corrected chi connectivity index (χ0v) is 20.9. The van der Waals surface area contributed by atoms with E-state index in [1.54, 1.807) is 7.11 Å². The summed E-state index contributed by atoms with van der Waals surface area (Å²) in [6.07, 6.45) is 7.40. The van der Waals surface area contributed by atoms with Crippen molar-refractivity contribution in [1.29, 1.82) is 0 Å². The third-order valence-electron chi connectivity index (χ3n) is 5.95. The van der Waals surface area contributed by atoms with E-state index in [-0.39, 0.29) is 5.04 Å². The fraction of sp³-hybridized carbons (Fsp3) is 0.310. The molecule has 3 heteroatoms. The van der Waals surface area contributed by atoms with E-state index in [4.69, 9.17) is 9.16 Å². The van der Waals surface area contributed by atoms with Gasteiger partial charge in [-0.15, -0.1) is 0 Å². The molecule has 2 nitrogen and oxygen atoms in total. The van der Waals surface area contributed by atoms with Gasteiger partial charge in [-0.1, -0.05) is 112 Å². The van der Waals surface area contributed by atoms with Crippen LogP contribution < -0.4 is 15.1 Å². The summed E-state index contributed by atoms with van der Waals surface area (Å²) >= 11 is 0. The third kappa shape index (κ3) is 5.59. The Hall–Kier alpha value is -2.62.